The number of benzene rings is 1. The molecule has 1 aromatic rings. The van der Waals surface area contributed by atoms with Crippen LogP contribution in [0.3, 0.4) is 0 Å². The van der Waals surface area contributed by atoms with E-state index in [1.165, 1.54) is 12.1 Å². The van der Waals surface area contributed by atoms with Crippen LogP contribution in [0.4, 0.5) is 0 Å². The largest absolute Gasteiger partial charge is 0.478 e. The van der Waals surface area contributed by atoms with Gasteiger partial charge in [-0.15, -0.1) is 0 Å². The van der Waals surface area contributed by atoms with Crippen molar-refractivity contribution in [1.29, 1.82) is 0 Å². The molecular weight excluding hydrogens is 216 g/mol. The lowest BCUT2D eigenvalue weighted by Gasteiger charge is -2.08. The van der Waals surface area contributed by atoms with Crippen LogP contribution in [0.5, 0.6) is 0 Å². The Morgan fingerprint density at radius 3 is 2.59 bits per heavy atom. The van der Waals surface area contributed by atoms with Gasteiger partial charge < -0.3 is 5.11 Å². The van der Waals surface area contributed by atoms with Gasteiger partial charge >= 0.3 is 5.97 Å². The van der Waals surface area contributed by atoms with Gasteiger partial charge in [0.25, 0.3) is 0 Å². The minimum Gasteiger partial charge on any atom is -0.478 e. The lowest BCUT2D eigenvalue weighted by atomic mass is 9.95. The van der Waals surface area contributed by atoms with Gasteiger partial charge in [-0.25, -0.2) is 4.79 Å². The van der Waals surface area contributed by atoms with Crippen LogP contribution in [0.1, 0.15) is 33.6 Å². The molecule has 0 saturated heterocycles. The molecule has 0 amide bonds. The summed E-state index contributed by atoms with van der Waals surface area (Å²) in [5.74, 6) is -1.10. The molecule has 0 heterocycles. The Labute approximate surface area is 99.1 Å². The maximum absolute atomic E-state index is 12.1. The fraction of sp³-hybridized carbons (Fsp3) is 0.143. The molecule has 3 heteroatoms. The number of carbonyl (C=O) groups excluding carboxylic acids is 1. The van der Waals surface area contributed by atoms with Crippen molar-refractivity contribution in [2.45, 2.75) is 12.8 Å². The molecule has 17 heavy (non-hydrogen) atoms. The molecule has 86 valence electrons. The van der Waals surface area contributed by atoms with E-state index in [0.717, 1.165) is 12.0 Å². The fourth-order valence-corrected chi connectivity index (χ4v) is 1.77. The normalized spacial score (nSPS) is 14.2. The van der Waals surface area contributed by atoms with Crippen molar-refractivity contribution in [3.8, 4) is 0 Å². The molecule has 0 spiro atoms. The molecule has 0 aliphatic heterocycles. The van der Waals surface area contributed by atoms with E-state index < -0.39 is 5.97 Å². The molecule has 0 unspecified atom stereocenters. The smallest absolute Gasteiger partial charge is 0.335 e. The summed E-state index contributed by atoms with van der Waals surface area (Å²) in [5, 5.41) is 8.86. The Kier molecular flexibility index (Phi) is 3.19. The number of ketones is 1. The van der Waals surface area contributed by atoms with Gasteiger partial charge in [0, 0.05) is 11.1 Å². The Balaban J connectivity index is 2.31. The molecule has 1 aliphatic rings. The number of allylic oxidation sites excluding steroid dienone is 4. The van der Waals surface area contributed by atoms with Crippen molar-refractivity contribution in [2.24, 2.45) is 0 Å². The SMILES string of the molecule is O=C(O)c1cccc(C(=O)C2=CC=CCC2)c1. The summed E-state index contributed by atoms with van der Waals surface area (Å²) in [6.45, 7) is 0. The van der Waals surface area contributed by atoms with E-state index in [9.17, 15) is 9.59 Å². The van der Waals surface area contributed by atoms with Crippen LogP contribution >= 0.6 is 0 Å². The van der Waals surface area contributed by atoms with E-state index in [1.54, 1.807) is 18.2 Å². The highest BCUT2D eigenvalue weighted by Crippen LogP contribution is 2.18. The molecular formula is C14H12O3. The first-order valence-corrected chi connectivity index (χ1v) is 5.42. The fourth-order valence-electron chi connectivity index (χ4n) is 1.77. The van der Waals surface area contributed by atoms with Gasteiger partial charge in [-0.1, -0.05) is 30.4 Å². The van der Waals surface area contributed by atoms with Crippen molar-refractivity contribution in [1.82, 2.24) is 0 Å². The molecule has 1 aromatic carbocycles. The van der Waals surface area contributed by atoms with Gasteiger partial charge in [-0.05, 0) is 25.0 Å². The molecule has 0 atom stereocenters. The van der Waals surface area contributed by atoms with Crippen LogP contribution in [0.15, 0.2) is 48.1 Å². The standard InChI is InChI=1S/C14H12O3/c15-13(10-5-2-1-3-6-10)11-7-4-8-12(9-11)14(16)17/h1-2,4-5,7-9H,3,6H2,(H,16,17). The van der Waals surface area contributed by atoms with Crippen LogP contribution in [0.25, 0.3) is 0 Å². The third-order valence-corrected chi connectivity index (χ3v) is 2.68. The summed E-state index contributed by atoms with van der Waals surface area (Å²) in [7, 11) is 0. The lowest BCUT2D eigenvalue weighted by Crippen LogP contribution is -2.06. The van der Waals surface area contributed by atoms with E-state index in [0.29, 0.717) is 12.0 Å². The van der Waals surface area contributed by atoms with Crippen molar-refractivity contribution >= 4 is 11.8 Å². The van der Waals surface area contributed by atoms with Crippen LogP contribution in [-0.4, -0.2) is 16.9 Å². The second-order valence-electron chi connectivity index (χ2n) is 3.87. The van der Waals surface area contributed by atoms with Crippen LogP contribution < -0.4 is 0 Å². The Morgan fingerprint density at radius 1 is 1.18 bits per heavy atom. The highest BCUT2D eigenvalue weighted by atomic mass is 16.4. The first-order chi connectivity index (χ1) is 8.18. The predicted molar refractivity (Wildman–Crippen MR) is 64.2 cm³/mol. The van der Waals surface area contributed by atoms with Gasteiger partial charge in [-0.2, -0.15) is 0 Å². The highest BCUT2D eigenvalue weighted by Gasteiger charge is 2.14. The molecule has 1 N–H and O–H groups in total. The van der Waals surface area contributed by atoms with Gasteiger partial charge in [0.05, 0.1) is 5.56 Å². The molecule has 1 aliphatic carbocycles. The molecule has 0 fully saturated rings. The zero-order valence-corrected chi connectivity index (χ0v) is 9.22. The third-order valence-electron chi connectivity index (χ3n) is 2.68. The Hall–Kier alpha value is -2.16. The number of rotatable bonds is 3. The van der Waals surface area contributed by atoms with Gasteiger partial charge in [-0.3, -0.25) is 4.79 Å². The monoisotopic (exact) mass is 228 g/mol. The molecule has 0 bridgehead atoms. The number of Topliss-reactive ketones (excluding diaryl/α,β-unsaturated/α-hetero) is 1. The van der Waals surface area contributed by atoms with E-state index in [4.69, 9.17) is 5.11 Å². The van der Waals surface area contributed by atoms with E-state index in [2.05, 4.69) is 0 Å². The average molecular weight is 228 g/mol. The first-order valence-electron chi connectivity index (χ1n) is 5.42. The second-order valence-corrected chi connectivity index (χ2v) is 3.87. The molecule has 2 rings (SSSR count). The zero-order chi connectivity index (χ0) is 12.3. The lowest BCUT2D eigenvalue weighted by molar-refractivity contribution is 0.0697. The van der Waals surface area contributed by atoms with Gasteiger partial charge in [0.15, 0.2) is 5.78 Å². The molecule has 0 radical (unpaired) electrons. The van der Waals surface area contributed by atoms with Gasteiger partial charge in [0.1, 0.15) is 0 Å². The van der Waals surface area contributed by atoms with Crippen molar-refractivity contribution in [2.75, 3.05) is 0 Å². The summed E-state index contributed by atoms with van der Waals surface area (Å²) in [4.78, 5) is 22.9. The zero-order valence-electron chi connectivity index (χ0n) is 9.22. The number of hydrogen-bond donors (Lipinski definition) is 1. The van der Waals surface area contributed by atoms with Gasteiger partial charge in [0.2, 0.25) is 0 Å². The summed E-state index contributed by atoms with van der Waals surface area (Å²) < 4.78 is 0. The first kappa shape index (κ1) is 11.3. The summed E-state index contributed by atoms with van der Waals surface area (Å²) in [6.07, 6.45) is 7.23. The topological polar surface area (TPSA) is 54.4 Å². The molecule has 3 nitrogen and oxygen atoms in total. The van der Waals surface area contributed by atoms with Crippen LogP contribution in [-0.2, 0) is 0 Å². The van der Waals surface area contributed by atoms with Crippen molar-refractivity contribution < 1.29 is 14.7 Å². The van der Waals surface area contributed by atoms with Crippen molar-refractivity contribution in [3.63, 3.8) is 0 Å². The number of carbonyl (C=O) groups is 2. The highest BCUT2D eigenvalue weighted by molar-refractivity contribution is 6.09. The van der Waals surface area contributed by atoms with E-state index in [1.807, 2.05) is 12.2 Å². The quantitative estimate of drug-likeness (QED) is 0.809. The minimum atomic E-state index is -1.02. The number of aromatic carboxylic acids is 1. The summed E-state index contributed by atoms with van der Waals surface area (Å²) in [5.41, 5.74) is 1.31. The Bertz CT molecular complexity index is 524. The van der Waals surface area contributed by atoms with E-state index in [-0.39, 0.29) is 11.3 Å². The third kappa shape index (κ3) is 2.50. The molecule has 0 aromatic heterocycles. The number of carboxylic acids is 1. The second kappa shape index (κ2) is 4.78. The van der Waals surface area contributed by atoms with Crippen molar-refractivity contribution in [3.05, 3.63) is 59.2 Å². The number of carboxylic acid groups (broad SMARTS) is 1. The summed E-state index contributed by atoms with van der Waals surface area (Å²) in [6, 6.07) is 6.14. The maximum atomic E-state index is 12.1. The van der Waals surface area contributed by atoms with Crippen LogP contribution in [0.2, 0.25) is 0 Å². The molecule has 0 saturated carbocycles. The maximum Gasteiger partial charge on any atom is 0.335 e. The predicted octanol–water partition coefficient (Wildman–Crippen LogP) is 2.84. The summed E-state index contributed by atoms with van der Waals surface area (Å²) >= 11 is 0. The van der Waals surface area contributed by atoms with E-state index >= 15 is 0 Å². The number of hydrogen-bond acceptors (Lipinski definition) is 2. The average Bonchev–Trinajstić information content (AvgIpc) is 2.39. The minimum absolute atomic E-state index is 0.0857. The Morgan fingerprint density at radius 2 is 1.94 bits per heavy atom. The van der Waals surface area contributed by atoms with Crippen LogP contribution in [0, 0.1) is 0 Å².